The fourth-order valence-corrected chi connectivity index (χ4v) is 2.19. The highest BCUT2D eigenvalue weighted by Crippen LogP contribution is 2.28. The predicted octanol–water partition coefficient (Wildman–Crippen LogP) is 3.95. The first kappa shape index (κ1) is 15.5. The van der Waals surface area contributed by atoms with Crippen LogP contribution in [0.15, 0.2) is 36.4 Å². The second-order valence-electron chi connectivity index (χ2n) is 6.52. The molecule has 0 spiro atoms. The van der Waals surface area contributed by atoms with Gasteiger partial charge < -0.3 is 10.0 Å². The van der Waals surface area contributed by atoms with E-state index in [1.807, 2.05) is 25.2 Å². The standard InChI is InChI=1S/C18H24N2O/c1-13-7-6-8-15(9-13)20(5)17-11-14(12-21)10-16(19-17)18(2,3)4/h6-11,21H,12H2,1-5H3. The fraction of sp³-hybridized carbons (Fsp3) is 0.389. The molecule has 0 atom stereocenters. The van der Waals surface area contributed by atoms with Gasteiger partial charge in [0.25, 0.3) is 0 Å². The van der Waals surface area contributed by atoms with Gasteiger partial charge in [-0.2, -0.15) is 0 Å². The number of hydrogen-bond donors (Lipinski definition) is 1. The van der Waals surface area contributed by atoms with E-state index in [1.165, 1.54) is 5.56 Å². The molecule has 1 aromatic heterocycles. The Morgan fingerprint density at radius 2 is 1.86 bits per heavy atom. The largest absolute Gasteiger partial charge is 0.392 e. The number of aliphatic hydroxyl groups is 1. The lowest BCUT2D eigenvalue weighted by atomic mass is 9.91. The van der Waals surface area contributed by atoms with Gasteiger partial charge in [0.1, 0.15) is 5.82 Å². The van der Waals surface area contributed by atoms with Gasteiger partial charge in [0.05, 0.1) is 6.61 Å². The van der Waals surface area contributed by atoms with Gasteiger partial charge in [0.15, 0.2) is 0 Å². The number of nitrogens with zero attached hydrogens (tertiary/aromatic N) is 2. The number of pyridine rings is 1. The quantitative estimate of drug-likeness (QED) is 0.927. The first-order valence-electron chi connectivity index (χ1n) is 7.24. The molecule has 1 aromatic carbocycles. The van der Waals surface area contributed by atoms with Gasteiger partial charge in [0.2, 0.25) is 0 Å². The van der Waals surface area contributed by atoms with E-state index in [4.69, 9.17) is 4.98 Å². The average molecular weight is 284 g/mol. The van der Waals surface area contributed by atoms with Crippen LogP contribution in [-0.2, 0) is 12.0 Å². The molecule has 0 bridgehead atoms. The van der Waals surface area contributed by atoms with Gasteiger partial charge in [-0.15, -0.1) is 0 Å². The molecule has 0 saturated carbocycles. The van der Waals surface area contributed by atoms with Crippen LogP contribution in [0.5, 0.6) is 0 Å². The Kier molecular flexibility index (Phi) is 4.33. The Balaban J connectivity index is 2.47. The fourth-order valence-electron chi connectivity index (χ4n) is 2.19. The van der Waals surface area contributed by atoms with Crippen LogP contribution in [0.4, 0.5) is 11.5 Å². The maximum atomic E-state index is 9.50. The highest BCUT2D eigenvalue weighted by molar-refractivity contribution is 5.60. The zero-order valence-electron chi connectivity index (χ0n) is 13.5. The topological polar surface area (TPSA) is 36.4 Å². The van der Waals surface area contributed by atoms with E-state index in [1.54, 1.807) is 0 Å². The molecule has 0 unspecified atom stereocenters. The summed E-state index contributed by atoms with van der Waals surface area (Å²) in [5, 5.41) is 9.50. The predicted molar refractivity (Wildman–Crippen MR) is 88.1 cm³/mol. The molecule has 1 heterocycles. The number of benzene rings is 1. The molecular weight excluding hydrogens is 260 g/mol. The minimum absolute atomic E-state index is 0.0280. The van der Waals surface area contributed by atoms with Crippen LogP contribution in [0.25, 0.3) is 0 Å². The molecule has 3 nitrogen and oxygen atoms in total. The summed E-state index contributed by atoms with van der Waals surface area (Å²) in [5.74, 6) is 0.858. The number of hydrogen-bond acceptors (Lipinski definition) is 3. The molecule has 2 aromatic rings. The lowest BCUT2D eigenvalue weighted by Crippen LogP contribution is -2.18. The molecule has 2 rings (SSSR count). The number of aliphatic hydroxyl groups excluding tert-OH is 1. The van der Waals surface area contributed by atoms with Crippen molar-refractivity contribution in [2.45, 2.75) is 39.7 Å². The van der Waals surface area contributed by atoms with Gasteiger partial charge in [0, 0.05) is 23.8 Å². The van der Waals surface area contributed by atoms with E-state index >= 15 is 0 Å². The normalized spacial score (nSPS) is 11.5. The van der Waals surface area contributed by atoms with Gasteiger partial charge in [-0.05, 0) is 42.3 Å². The summed E-state index contributed by atoms with van der Waals surface area (Å²) in [5.41, 5.74) is 4.15. The number of aryl methyl sites for hydroxylation is 1. The van der Waals surface area contributed by atoms with E-state index in [9.17, 15) is 5.11 Å². The van der Waals surface area contributed by atoms with Crippen LogP contribution in [-0.4, -0.2) is 17.1 Å². The molecule has 21 heavy (non-hydrogen) atoms. The summed E-state index contributed by atoms with van der Waals surface area (Å²) < 4.78 is 0. The maximum absolute atomic E-state index is 9.50. The minimum Gasteiger partial charge on any atom is -0.392 e. The van der Waals surface area contributed by atoms with Crippen LogP contribution in [0.1, 0.15) is 37.6 Å². The molecule has 0 aliphatic rings. The molecule has 0 aliphatic heterocycles. The number of rotatable bonds is 3. The highest BCUT2D eigenvalue weighted by atomic mass is 16.3. The van der Waals surface area contributed by atoms with E-state index in [-0.39, 0.29) is 12.0 Å². The van der Waals surface area contributed by atoms with Crippen LogP contribution in [0, 0.1) is 6.92 Å². The number of aromatic nitrogens is 1. The molecular formula is C18H24N2O. The smallest absolute Gasteiger partial charge is 0.133 e. The van der Waals surface area contributed by atoms with Crippen molar-refractivity contribution in [2.24, 2.45) is 0 Å². The zero-order valence-corrected chi connectivity index (χ0v) is 13.5. The van der Waals surface area contributed by atoms with Gasteiger partial charge in [-0.3, -0.25) is 0 Å². The van der Waals surface area contributed by atoms with Crippen molar-refractivity contribution in [1.29, 1.82) is 0 Å². The summed E-state index contributed by atoms with van der Waals surface area (Å²) in [6.07, 6.45) is 0. The third-order valence-electron chi connectivity index (χ3n) is 3.56. The van der Waals surface area contributed by atoms with E-state index in [0.29, 0.717) is 0 Å². The minimum atomic E-state index is -0.0482. The first-order valence-corrected chi connectivity index (χ1v) is 7.24. The van der Waals surface area contributed by atoms with Crippen molar-refractivity contribution in [3.05, 3.63) is 53.2 Å². The van der Waals surface area contributed by atoms with Crippen LogP contribution in [0.2, 0.25) is 0 Å². The third kappa shape index (κ3) is 3.61. The van der Waals surface area contributed by atoms with Crippen molar-refractivity contribution in [3.8, 4) is 0 Å². The lowest BCUT2D eigenvalue weighted by Gasteiger charge is -2.24. The van der Waals surface area contributed by atoms with Crippen molar-refractivity contribution < 1.29 is 5.11 Å². The first-order chi connectivity index (χ1) is 9.81. The molecule has 3 heteroatoms. The summed E-state index contributed by atoms with van der Waals surface area (Å²) in [7, 11) is 2.00. The third-order valence-corrected chi connectivity index (χ3v) is 3.56. The maximum Gasteiger partial charge on any atom is 0.133 e. The van der Waals surface area contributed by atoms with Crippen molar-refractivity contribution >= 4 is 11.5 Å². The molecule has 1 N–H and O–H groups in total. The second kappa shape index (κ2) is 5.86. The molecule has 0 radical (unpaired) electrons. The molecule has 0 aliphatic carbocycles. The lowest BCUT2D eigenvalue weighted by molar-refractivity contribution is 0.281. The van der Waals surface area contributed by atoms with Crippen molar-refractivity contribution in [2.75, 3.05) is 11.9 Å². The molecule has 0 saturated heterocycles. The molecule has 0 amide bonds. The SMILES string of the molecule is Cc1cccc(N(C)c2cc(CO)cc(C(C)(C)C)n2)c1. The van der Waals surface area contributed by atoms with Crippen molar-refractivity contribution in [3.63, 3.8) is 0 Å². The summed E-state index contributed by atoms with van der Waals surface area (Å²) in [6.45, 7) is 8.50. The summed E-state index contributed by atoms with van der Waals surface area (Å²) in [6, 6.07) is 12.2. The van der Waals surface area contributed by atoms with Crippen LogP contribution in [0.3, 0.4) is 0 Å². The van der Waals surface area contributed by atoms with Crippen LogP contribution < -0.4 is 4.90 Å². The Morgan fingerprint density at radius 3 is 2.43 bits per heavy atom. The second-order valence-corrected chi connectivity index (χ2v) is 6.52. The number of anilines is 2. The molecule has 112 valence electrons. The zero-order chi connectivity index (χ0) is 15.6. The molecule has 0 fully saturated rings. The van der Waals surface area contributed by atoms with E-state index in [2.05, 4.69) is 50.8 Å². The van der Waals surface area contributed by atoms with Crippen LogP contribution >= 0.6 is 0 Å². The van der Waals surface area contributed by atoms with Gasteiger partial charge in [-0.25, -0.2) is 4.98 Å². The monoisotopic (exact) mass is 284 g/mol. The summed E-state index contributed by atoms with van der Waals surface area (Å²) >= 11 is 0. The average Bonchev–Trinajstić information content (AvgIpc) is 2.45. The summed E-state index contributed by atoms with van der Waals surface area (Å²) in [4.78, 5) is 6.83. The van der Waals surface area contributed by atoms with Gasteiger partial charge >= 0.3 is 0 Å². The Hall–Kier alpha value is -1.87. The van der Waals surface area contributed by atoms with E-state index < -0.39 is 0 Å². The van der Waals surface area contributed by atoms with Gasteiger partial charge in [-0.1, -0.05) is 32.9 Å². The van der Waals surface area contributed by atoms with E-state index in [0.717, 1.165) is 22.8 Å². The Labute approximate surface area is 127 Å². The highest BCUT2D eigenvalue weighted by Gasteiger charge is 2.18. The Bertz CT molecular complexity index is 629. The van der Waals surface area contributed by atoms with Crippen molar-refractivity contribution in [1.82, 2.24) is 4.98 Å². The Morgan fingerprint density at radius 1 is 1.14 bits per heavy atom.